The number of rotatable bonds is 1. The molecule has 1 aliphatic heterocycles. The van der Waals surface area contributed by atoms with Crippen LogP contribution < -0.4 is 10.1 Å². The maximum Gasteiger partial charge on any atom is 0.145 e. The maximum atomic E-state index is 13.1. The molecule has 5 heteroatoms. The minimum Gasteiger partial charge on any atom is -0.489 e. The Morgan fingerprint density at radius 3 is 3.14 bits per heavy atom. The molecule has 1 atom stereocenters. The SMILES string of the molecule is O=CC1COc2cc(F)c(Br)cc2N1. The van der Waals surface area contributed by atoms with Gasteiger partial charge in [0.2, 0.25) is 0 Å². The van der Waals surface area contributed by atoms with Gasteiger partial charge in [-0.15, -0.1) is 0 Å². The predicted molar refractivity (Wildman–Crippen MR) is 53.1 cm³/mol. The first-order valence-corrected chi connectivity index (χ1v) is 4.83. The Kier molecular flexibility index (Phi) is 2.41. The van der Waals surface area contributed by atoms with Crippen LogP contribution in [0.3, 0.4) is 0 Å². The van der Waals surface area contributed by atoms with E-state index in [2.05, 4.69) is 21.2 Å². The number of fused-ring (bicyclic) bond motifs is 1. The van der Waals surface area contributed by atoms with Gasteiger partial charge in [0, 0.05) is 6.07 Å². The molecule has 0 radical (unpaired) electrons. The van der Waals surface area contributed by atoms with Crippen LogP contribution in [-0.2, 0) is 4.79 Å². The van der Waals surface area contributed by atoms with Crippen molar-refractivity contribution in [2.75, 3.05) is 11.9 Å². The van der Waals surface area contributed by atoms with Gasteiger partial charge in [-0.05, 0) is 22.0 Å². The topological polar surface area (TPSA) is 38.3 Å². The highest BCUT2D eigenvalue weighted by Crippen LogP contribution is 2.33. The number of benzene rings is 1. The zero-order valence-electron chi connectivity index (χ0n) is 7.09. The van der Waals surface area contributed by atoms with Crippen LogP contribution in [0.25, 0.3) is 0 Å². The fourth-order valence-electron chi connectivity index (χ4n) is 1.26. The third kappa shape index (κ3) is 1.59. The summed E-state index contributed by atoms with van der Waals surface area (Å²) in [5, 5.41) is 2.92. The molecule has 1 aliphatic rings. The van der Waals surface area contributed by atoms with Crippen molar-refractivity contribution < 1.29 is 13.9 Å². The lowest BCUT2D eigenvalue weighted by molar-refractivity contribution is -0.109. The average Bonchev–Trinajstić information content (AvgIpc) is 2.19. The number of carbonyl (C=O) groups excluding carboxylic acids is 1. The molecule has 0 fully saturated rings. The molecule has 0 saturated heterocycles. The number of aldehydes is 1. The Hall–Kier alpha value is -1.10. The minimum absolute atomic E-state index is 0.234. The summed E-state index contributed by atoms with van der Waals surface area (Å²) in [5.74, 6) is 0.0545. The number of hydrogen-bond acceptors (Lipinski definition) is 3. The van der Waals surface area contributed by atoms with Crippen molar-refractivity contribution in [2.24, 2.45) is 0 Å². The van der Waals surface area contributed by atoms with E-state index in [0.717, 1.165) is 6.29 Å². The lowest BCUT2D eigenvalue weighted by Gasteiger charge is -2.24. The Balaban J connectivity index is 2.38. The van der Waals surface area contributed by atoms with E-state index in [4.69, 9.17) is 4.74 Å². The highest BCUT2D eigenvalue weighted by Gasteiger charge is 2.19. The summed E-state index contributed by atoms with van der Waals surface area (Å²) in [5.41, 5.74) is 0.627. The first-order valence-electron chi connectivity index (χ1n) is 4.04. The lowest BCUT2D eigenvalue weighted by atomic mass is 10.2. The smallest absolute Gasteiger partial charge is 0.145 e. The molecule has 3 nitrogen and oxygen atoms in total. The highest BCUT2D eigenvalue weighted by molar-refractivity contribution is 9.10. The van der Waals surface area contributed by atoms with Gasteiger partial charge in [-0.2, -0.15) is 0 Å². The van der Waals surface area contributed by atoms with Crippen LogP contribution in [0.1, 0.15) is 0 Å². The Bertz CT molecular complexity index is 383. The fourth-order valence-corrected chi connectivity index (χ4v) is 1.60. The molecule has 0 amide bonds. The van der Waals surface area contributed by atoms with Gasteiger partial charge < -0.3 is 14.8 Å². The second kappa shape index (κ2) is 3.57. The van der Waals surface area contributed by atoms with E-state index in [1.165, 1.54) is 6.07 Å². The van der Waals surface area contributed by atoms with Gasteiger partial charge in [0.15, 0.2) is 0 Å². The molecule has 74 valence electrons. The molecule has 1 N–H and O–H groups in total. The molecule has 1 aromatic carbocycles. The Morgan fingerprint density at radius 1 is 1.64 bits per heavy atom. The van der Waals surface area contributed by atoms with Crippen molar-refractivity contribution in [2.45, 2.75) is 6.04 Å². The summed E-state index contributed by atoms with van der Waals surface area (Å²) < 4.78 is 18.6. The summed E-state index contributed by atoms with van der Waals surface area (Å²) >= 11 is 3.06. The minimum atomic E-state index is -0.380. The first-order chi connectivity index (χ1) is 6.70. The van der Waals surface area contributed by atoms with Gasteiger partial charge in [-0.1, -0.05) is 0 Å². The van der Waals surface area contributed by atoms with Crippen LogP contribution in [0.2, 0.25) is 0 Å². The van der Waals surface area contributed by atoms with Crippen LogP contribution in [0.5, 0.6) is 5.75 Å². The zero-order chi connectivity index (χ0) is 10.1. The summed E-state index contributed by atoms with van der Waals surface area (Å²) in [6.45, 7) is 0.234. The summed E-state index contributed by atoms with van der Waals surface area (Å²) in [6, 6.07) is 2.48. The van der Waals surface area contributed by atoms with E-state index in [0.29, 0.717) is 15.9 Å². The predicted octanol–water partition coefficient (Wildman–Crippen LogP) is 1.96. The molecule has 14 heavy (non-hydrogen) atoms. The van der Waals surface area contributed by atoms with E-state index < -0.39 is 0 Å². The molecule has 1 heterocycles. The Morgan fingerprint density at radius 2 is 2.43 bits per heavy atom. The molecule has 1 unspecified atom stereocenters. The molecule has 0 saturated carbocycles. The van der Waals surface area contributed by atoms with Gasteiger partial charge in [0.25, 0.3) is 0 Å². The van der Waals surface area contributed by atoms with Crippen LogP contribution in [0.15, 0.2) is 16.6 Å². The average molecular weight is 260 g/mol. The summed E-state index contributed by atoms with van der Waals surface area (Å²) in [6.07, 6.45) is 0.764. The van der Waals surface area contributed by atoms with E-state index in [-0.39, 0.29) is 18.5 Å². The number of halogens is 2. The largest absolute Gasteiger partial charge is 0.489 e. The van der Waals surface area contributed by atoms with Gasteiger partial charge in [0.1, 0.15) is 30.5 Å². The highest BCUT2D eigenvalue weighted by atomic mass is 79.9. The third-order valence-corrected chi connectivity index (χ3v) is 2.55. The fraction of sp³-hybridized carbons (Fsp3) is 0.222. The molecular formula is C9H7BrFNO2. The normalized spacial score (nSPS) is 19.1. The quantitative estimate of drug-likeness (QED) is 0.784. The molecule has 0 spiro atoms. The van der Waals surface area contributed by atoms with Crippen molar-refractivity contribution in [1.82, 2.24) is 0 Å². The third-order valence-electron chi connectivity index (χ3n) is 1.95. The van der Waals surface area contributed by atoms with Crippen molar-refractivity contribution in [3.63, 3.8) is 0 Å². The van der Waals surface area contributed by atoms with Gasteiger partial charge in [-0.3, -0.25) is 0 Å². The summed E-state index contributed by atoms with van der Waals surface area (Å²) in [7, 11) is 0. The van der Waals surface area contributed by atoms with E-state index in [1.807, 2.05) is 0 Å². The van der Waals surface area contributed by atoms with Gasteiger partial charge in [-0.25, -0.2) is 4.39 Å². The number of carbonyl (C=O) groups is 1. The van der Waals surface area contributed by atoms with E-state index >= 15 is 0 Å². The second-order valence-electron chi connectivity index (χ2n) is 2.96. The Labute approximate surface area is 88.4 Å². The van der Waals surface area contributed by atoms with Crippen LogP contribution in [-0.4, -0.2) is 18.9 Å². The van der Waals surface area contributed by atoms with Crippen molar-refractivity contribution >= 4 is 27.9 Å². The van der Waals surface area contributed by atoms with E-state index in [1.54, 1.807) is 6.07 Å². The molecule has 0 aliphatic carbocycles. The maximum absolute atomic E-state index is 13.1. The van der Waals surface area contributed by atoms with Crippen LogP contribution in [0.4, 0.5) is 10.1 Å². The van der Waals surface area contributed by atoms with Crippen molar-refractivity contribution in [3.05, 3.63) is 22.4 Å². The monoisotopic (exact) mass is 259 g/mol. The van der Waals surface area contributed by atoms with Gasteiger partial charge in [0.05, 0.1) is 10.2 Å². The van der Waals surface area contributed by atoms with Gasteiger partial charge >= 0.3 is 0 Å². The molecular weight excluding hydrogens is 253 g/mol. The first kappa shape index (κ1) is 9.45. The van der Waals surface area contributed by atoms with E-state index in [9.17, 15) is 9.18 Å². The molecule has 0 bridgehead atoms. The van der Waals surface area contributed by atoms with Crippen molar-refractivity contribution in [3.8, 4) is 5.75 Å². The zero-order valence-corrected chi connectivity index (χ0v) is 8.67. The second-order valence-corrected chi connectivity index (χ2v) is 3.81. The number of nitrogens with one attached hydrogen (secondary N) is 1. The number of hydrogen-bond donors (Lipinski definition) is 1. The number of anilines is 1. The lowest BCUT2D eigenvalue weighted by Crippen LogP contribution is -2.32. The standard InChI is InChI=1S/C9H7BrFNO2/c10-6-1-8-9(2-7(6)11)14-4-5(3-13)12-8/h1-3,5,12H,4H2. The summed E-state index contributed by atoms with van der Waals surface area (Å²) in [4.78, 5) is 10.5. The van der Waals surface area contributed by atoms with Crippen LogP contribution >= 0.6 is 15.9 Å². The molecule has 0 aromatic heterocycles. The van der Waals surface area contributed by atoms with Crippen molar-refractivity contribution in [1.29, 1.82) is 0 Å². The molecule has 2 rings (SSSR count). The van der Waals surface area contributed by atoms with Crippen LogP contribution in [0, 0.1) is 5.82 Å². The number of ether oxygens (including phenoxy) is 1. The molecule has 1 aromatic rings.